The standard InChI is InChI=1S/C31H41N3O5/c1-8-10-11-19-34(29(37)25(20-35)32-30(38)39-31(5,6)7)27(24-17-15-23(9-2)16-18-24)28(36)33-26-21(3)13-12-14-22(26)4/h2,12-18,25,27,35H,8,10-11,19-20H2,1,3-7H3,(H,32,38)(H,33,36). The number of nitrogens with one attached hydrogen (secondary N) is 2. The van der Waals surface area contributed by atoms with Crippen molar-refractivity contribution in [1.29, 1.82) is 0 Å². The molecule has 0 aromatic heterocycles. The molecule has 210 valence electrons. The summed E-state index contributed by atoms with van der Waals surface area (Å²) < 4.78 is 5.29. The van der Waals surface area contributed by atoms with Crippen LogP contribution in [0.3, 0.4) is 0 Å². The molecule has 0 bridgehead atoms. The van der Waals surface area contributed by atoms with E-state index in [1.165, 1.54) is 4.90 Å². The summed E-state index contributed by atoms with van der Waals surface area (Å²) in [6.45, 7) is 10.5. The average Bonchev–Trinajstić information content (AvgIpc) is 2.87. The molecule has 0 aliphatic heterocycles. The summed E-state index contributed by atoms with van der Waals surface area (Å²) >= 11 is 0. The Hall–Kier alpha value is -3.83. The predicted octanol–water partition coefficient (Wildman–Crippen LogP) is 4.87. The quantitative estimate of drug-likeness (QED) is 0.281. The number of para-hydroxylation sites is 1. The zero-order chi connectivity index (χ0) is 29.2. The highest BCUT2D eigenvalue weighted by Crippen LogP contribution is 2.27. The number of aryl methyl sites for hydroxylation is 2. The zero-order valence-corrected chi connectivity index (χ0v) is 23.8. The molecule has 0 heterocycles. The first-order chi connectivity index (χ1) is 18.4. The Labute approximate surface area is 232 Å². The van der Waals surface area contributed by atoms with Crippen molar-refractivity contribution in [1.82, 2.24) is 10.2 Å². The molecule has 2 aromatic carbocycles. The highest BCUT2D eigenvalue weighted by Gasteiger charge is 2.36. The zero-order valence-electron chi connectivity index (χ0n) is 23.8. The molecule has 3 N–H and O–H groups in total. The second kappa shape index (κ2) is 14.4. The summed E-state index contributed by atoms with van der Waals surface area (Å²) in [7, 11) is 0. The molecular formula is C31H41N3O5. The number of hydrogen-bond donors (Lipinski definition) is 3. The molecule has 0 fully saturated rings. The van der Waals surface area contributed by atoms with Gasteiger partial charge < -0.3 is 25.4 Å². The van der Waals surface area contributed by atoms with Crippen LogP contribution in [0.2, 0.25) is 0 Å². The van der Waals surface area contributed by atoms with Gasteiger partial charge in [0.1, 0.15) is 17.7 Å². The van der Waals surface area contributed by atoms with E-state index in [1.54, 1.807) is 45.0 Å². The molecule has 2 atom stereocenters. The van der Waals surface area contributed by atoms with Crippen LogP contribution in [0, 0.1) is 26.2 Å². The minimum atomic E-state index is -1.30. The molecule has 2 aromatic rings. The second-order valence-electron chi connectivity index (χ2n) is 10.5. The van der Waals surface area contributed by atoms with Gasteiger partial charge in [-0.05, 0) is 69.9 Å². The molecule has 2 rings (SSSR count). The number of aliphatic hydroxyl groups is 1. The van der Waals surface area contributed by atoms with Crippen molar-refractivity contribution in [2.75, 3.05) is 18.5 Å². The maximum Gasteiger partial charge on any atom is 0.408 e. The lowest BCUT2D eigenvalue weighted by atomic mass is 10.00. The third-order valence-electron chi connectivity index (χ3n) is 6.14. The summed E-state index contributed by atoms with van der Waals surface area (Å²) in [6, 6.07) is 10.2. The first-order valence-corrected chi connectivity index (χ1v) is 13.3. The fourth-order valence-corrected chi connectivity index (χ4v) is 4.17. The van der Waals surface area contributed by atoms with Crippen LogP contribution in [-0.4, -0.2) is 52.7 Å². The van der Waals surface area contributed by atoms with E-state index in [4.69, 9.17) is 11.2 Å². The van der Waals surface area contributed by atoms with Crippen LogP contribution in [0.25, 0.3) is 0 Å². The van der Waals surface area contributed by atoms with E-state index in [0.717, 1.165) is 24.0 Å². The summed E-state index contributed by atoms with van der Waals surface area (Å²) in [5, 5.41) is 15.6. The van der Waals surface area contributed by atoms with Crippen LogP contribution in [0.15, 0.2) is 42.5 Å². The average molecular weight is 536 g/mol. The van der Waals surface area contributed by atoms with E-state index in [9.17, 15) is 19.5 Å². The highest BCUT2D eigenvalue weighted by atomic mass is 16.6. The summed E-state index contributed by atoms with van der Waals surface area (Å²) in [4.78, 5) is 41.7. The van der Waals surface area contributed by atoms with E-state index in [2.05, 4.69) is 16.6 Å². The van der Waals surface area contributed by atoms with Crippen molar-refractivity contribution in [3.8, 4) is 12.3 Å². The largest absolute Gasteiger partial charge is 0.444 e. The van der Waals surface area contributed by atoms with Gasteiger partial charge in [0.2, 0.25) is 5.91 Å². The van der Waals surface area contributed by atoms with Gasteiger partial charge in [-0.25, -0.2) is 4.79 Å². The molecule has 39 heavy (non-hydrogen) atoms. The van der Waals surface area contributed by atoms with Gasteiger partial charge in [0, 0.05) is 17.8 Å². The molecule has 0 spiro atoms. The number of amides is 3. The molecule has 0 radical (unpaired) electrons. The summed E-state index contributed by atoms with van der Waals surface area (Å²) in [6.07, 6.45) is 7.06. The number of carbonyl (C=O) groups excluding carboxylic acids is 3. The molecule has 2 unspecified atom stereocenters. The summed E-state index contributed by atoms with van der Waals surface area (Å²) in [5.74, 6) is 1.55. The van der Waals surface area contributed by atoms with Crippen molar-refractivity contribution >= 4 is 23.6 Å². The van der Waals surface area contributed by atoms with Crippen molar-refractivity contribution in [2.45, 2.75) is 78.5 Å². The first-order valence-electron chi connectivity index (χ1n) is 13.3. The molecule has 3 amide bonds. The van der Waals surface area contributed by atoms with Crippen LogP contribution in [-0.2, 0) is 14.3 Å². The van der Waals surface area contributed by atoms with Crippen LogP contribution in [0.5, 0.6) is 0 Å². The van der Waals surface area contributed by atoms with Gasteiger partial charge in [-0.1, -0.05) is 56.0 Å². The van der Waals surface area contributed by atoms with Crippen molar-refractivity contribution in [3.05, 3.63) is 64.7 Å². The van der Waals surface area contributed by atoms with E-state index in [1.807, 2.05) is 39.0 Å². The molecule has 0 saturated carbocycles. The number of hydrogen-bond acceptors (Lipinski definition) is 5. The molecule has 8 heteroatoms. The SMILES string of the molecule is C#Cc1ccc(C(C(=O)Nc2c(C)cccc2C)N(CCCCC)C(=O)C(CO)NC(=O)OC(C)(C)C)cc1. The van der Waals surface area contributed by atoms with E-state index >= 15 is 0 Å². The minimum absolute atomic E-state index is 0.237. The number of benzene rings is 2. The number of nitrogens with zero attached hydrogens (tertiary/aromatic N) is 1. The maximum absolute atomic E-state index is 14.0. The second-order valence-corrected chi connectivity index (χ2v) is 10.5. The van der Waals surface area contributed by atoms with Gasteiger partial charge in [0.05, 0.1) is 6.61 Å². The molecular weight excluding hydrogens is 494 g/mol. The van der Waals surface area contributed by atoms with Gasteiger partial charge in [0.15, 0.2) is 0 Å². The van der Waals surface area contributed by atoms with E-state index in [0.29, 0.717) is 23.2 Å². The number of aliphatic hydroxyl groups excluding tert-OH is 1. The number of terminal acetylenes is 1. The number of carbonyl (C=O) groups is 3. The minimum Gasteiger partial charge on any atom is -0.444 e. The van der Waals surface area contributed by atoms with Crippen LogP contribution in [0.4, 0.5) is 10.5 Å². The Balaban J connectivity index is 2.54. The van der Waals surface area contributed by atoms with Gasteiger partial charge in [-0.2, -0.15) is 0 Å². The fourth-order valence-electron chi connectivity index (χ4n) is 4.17. The normalized spacial score (nSPS) is 12.6. The van der Waals surface area contributed by atoms with Crippen LogP contribution in [0.1, 0.15) is 75.3 Å². The maximum atomic E-state index is 14.0. The summed E-state index contributed by atoms with van der Waals surface area (Å²) in [5.41, 5.74) is 2.83. The fraction of sp³-hybridized carbons (Fsp3) is 0.452. The Kier molecular flexibility index (Phi) is 11.6. The molecule has 0 aliphatic carbocycles. The van der Waals surface area contributed by atoms with Gasteiger partial charge in [0.25, 0.3) is 5.91 Å². The van der Waals surface area contributed by atoms with Gasteiger partial charge in [-0.3, -0.25) is 9.59 Å². The van der Waals surface area contributed by atoms with Crippen molar-refractivity contribution in [2.24, 2.45) is 0 Å². The Morgan fingerprint density at radius 1 is 1.05 bits per heavy atom. The number of anilines is 1. The molecule has 0 saturated heterocycles. The molecule has 0 aliphatic rings. The Morgan fingerprint density at radius 3 is 2.18 bits per heavy atom. The topological polar surface area (TPSA) is 108 Å². The lowest BCUT2D eigenvalue weighted by Crippen LogP contribution is -2.54. The predicted molar refractivity (Wildman–Crippen MR) is 153 cm³/mol. The van der Waals surface area contributed by atoms with Crippen LogP contribution < -0.4 is 10.6 Å². The smallest absolute Gasteiger partial charge is 0.408 e. The van der Waals surface area contributed by atoms with E-state index < -0.39 is 42.2 Å². The lowest BCUT2D eigenvalue weighted by Gasteiger charge is -2.34. The third kappa shape index (κ3) is 9.15. The number of unbranched alkanes of at least 4 members (excludes halogenated alkanes) is 2. The van der Waals surface area contributed by atoms with E-state index in [-0.39, 0.29) is 6.54 Å². The first kappa shape index (κ1) is 31.4. The Bertz CT molecular complexity index is 1160. The molecule has 8 nitrogen and oxygen atoms in total. The number of rotatable bonds is 11. The number of alkyl carbamates (subject to hydrolysis) is 1. The van der Waals surface area contributed by atoms with Gasteiger partial charge in [-0.15, -0.1) is 6.42 Å². The number of ether oxygens (including phenoxy) is 1. The van der Waals surface area contributed by atoms with Gasteiger partial charge >= 0.3 is 6.09 Å². The lowest BCUT2D eigenvalue weighted by molar-refractivity contribution is -0.141. The highest BCUT2D eigenvalue weighted by molar-refractivity contribution is 6.00. The monoisotopic (exact) mass is 535 g/mol. The Morgan fingerprint density at radius 2 is 1.67 bits per heavy atom. The third-order valence-corrected chi connectivity index (χ3v) is 6.14. The van der Waals surface area contributed by atoms with Crippen molar-refractivity contribution < 1.29 is 24.2 Å². The van der Waals surface area contributed by atoms with Crippen LogP contribution >= 0.6 is 0 Å². The van der Waals surface area contributed by atoms with Crippen molar-refractivity contribution in [3.63, 3.8) is 0 Å².